The molecule has 3 rings (SSSR count). The number of carbonyl (C=O) groups is 2. The molecule has 0 radical (unpaired) electrons. The average Bonchev–Trinajstić information content (AvgIpc) is 2.89. The predicted octanol–water partition coefficient (Wildman–Crippen LogP) is 3.07. The Hall–Kier alpha value is -2.52. The van der Waals surface area contributed by atoms with Crippen molar-refractivity contribution in [1.82, 2.24) is 4.90 Å². The molecule has 2 amide bonds. The molecular weight excluding hydrogens is 424 g/mol. The summed E-state index contributed by atoms with van der Waals surface area (Å²) >= 11 is 1.60. The van der Waals surface area contributed by atoms with Crippen LogP contribution in [0.5, 0.6) is 5.75 Å². The minimum absolute atomic E-state index is 0.0451. The first-order valence-corrected chi connectivity index (χ1v) is 12.4. The quantitative estimate of drug-likeness (QED) is 0.655. The molecule has 0 saturated heterocycles. The number of nitrogens with one attached hydrogen (secondary N) is 1. The number of nitrogens with zero attached hydrogens (tertiary/aromatic N) is 1. The maximum Gasteiger partial charge on any atom is 0.253 e. The van der Waals surface area contributed by atoms with Gasteiger partial charge in [-0.15, -0.1) is 11.8 Å². The monoisotopic (exact) mass is 448 g/mol. The van der Waals surface area contributed by atoms with E-state index in [4.69, 9.17) is 4.74 Å². The lowest BCUT2D eigenvalue weighted by Crippen LogP contribution is -2.28. The zero-order valence-electron chi connectivity index (χ0n) is 16.9. The molecule has 1 aliphatic rings. The topological polar surface area (TPSA) is 92.8 Å². The van der Waals surface area contributed by atoms with Crippen molar-refractivity contribution in [2.24, 2.45) is 0 Å². The number of amides is 2. The molecule has 0 unspecified atom stereocenters. The maximum atomic E-state index is 12.7. The summed E-state index contributed by atoms with van der Waals surface area (Å²) in [6, 6.07) is 11.7. The lowest BCUT2D eigenvalue weighted by atomic mass is 10.1. The number of thioether (sulfide) groups is 1. The summed E-state index contributed by atoms with van der Waals surface area (Å²) in [7, 11) is -1.57. The van der Waals surface area contributed by atoms with Crippen molar-refractivity contribution in [3.05, 3.63) is 48.0 Å². The molecule has 1 N–H and O–H groups in total. The van der Waals surface area contributed by atoms with Crippen molar-refractivity contribution >= 4 is 39.1 Å². The first-order valence-electron chi connectivity index (χ1n) is 9.49. The summed E-state index contributed by atoms with van der Waals surface area (Å²) in [6.07, 6.45) is 2.19. The van der Waals surface area contributed by atoms with Gasteiger partial charge in [0.2, 0.25) is 5.91 Å². The highest BCUT2D eigenvalue weighted by Gasteiger charge is 2.17. The Bertz CT molecular complexity index is 1050. The molecular formula is C21H24N2O5S2. The summed E-state index contributed by atoms with van der Waals surface area (Å²) in [4.78, 5) is 27.2. The smallest absolute Gasteiger partial charge is 0.253 e. The van der Waals surface area contributed by atoms with Crippen molar-refractivity contribution in [3.8, 4) is 5.75 Å². The number of rotatable bonds is 7. The van der Waals surface area contributed by atoms with Gasteiger partial charge in [-0.1, -0.05) is 6.07 Å². The highest BCUT2D eigenvalue weighted by atomic mass is 32.2. The van der Waals surface area contributed by atoms with Crippen LogP contribution in [0.15, 0.2) is 52.3 Å². The van der Waals surface area contributed by atoms with E-state index in [2.05, 4.69) is 5.32 Å². The molecule has 0 saturated carbocycles. The van der Waals surface area contributed by atoms with Crippen LogP contribution >= 0.6 is 11.8 Å². The molecule has 9 heteroatoms. The van der Waals surface area contributed by atoms with Crippen LogP contribution in [0.2, 0.25) is 0 Å². The Morgan fingerprint density at radius 2 is 2.03 bits per heavy atom. The fraction of sp³-hybridized carbons (Fsp3) is 0.333. The lowest BCUT2D eigenvalue weighted by molar-refractivity contribution is -0.115. The third kappa shape index (κ3) is 5.76. The van der Waals surface area contributed by atoms with Gasteiger partial charge in [0, 0.05) is 42.5 Å². The molecule has 1 aliphatic heterocycles. The molecule has 2 aromatic carbocycles. The van der Waals surface area contributed by atoms with Crippen molar-refractivity contribution in [2.75, 3.05) is 37.5 Å². The van der Waals surface area contributed by atoms with Crippen LogP contribution in [0, 0.1) is 0 Å². The van der Waals surface area contributed by atoms with Crippen LogP contribution < -0.4 is 10.1 Å². The first kappa shape index (κ1) is 22.2. The standard InChI is InChI=1S/C21H24N2O5S2/c1-23(10-4-11-28-16-5-3-6-17(14-16)30(2,26)27)21(25)15-7-8-19-18(13-15)22-20(24)9-12-29-19/h3,5-8,13-14H,4,9-12H2,1-2H3,(H,22,24). The van der Waals surface area contributed by atoms with Crippen LogP contribution in [0.25, 0.3) is 0 Å². The molecule has 2 aromatic rings. The van der Waals surface area contributed by atoms with E-state index >= 15 is 0 Å². The normalized spacial score (nSPS) is 13.7. The Kier molecular flexibility index (Phi) is 7.04. The van der Waals surface area contributed by atoms with Crippen molar-refractivity contribution in [1.29, 1.82) is 0 Å². The van der Waals surface area contributed by atoms with E-state index in [1.165, 1.54) is 12.1 Å². The highest BCUT2D eigenvalue weighted by molar-refractivity contribution is 7.99. The van der Waals surface area contributed by atoms with Gasteiger partial charge in [0.05, 0.1) is 17.2 Å². The SMILES string of the molecule is CN(CCCOc1cccc(S(C)(=O)=O)c1)C(=O)c1ccc2c(c1)NC(=O)CCS2. The van der Waals surface area contributed by atoms with Gasteiger partial charge in [-0.3, -0.25) is 9.59 Å². The fourth-order valence-corrected chi connectivity index (χ4v) is 4.55. The lowest BCUT2D eigenvalue weighted by Gasteiger charge is -2.18. The fourth-order valence-electron chi connectivity index (χ4n) is 2.96. The van der Waals surface area contributed by atoms with Gasteiger partial charge in [-0.05, 0) is 42.8 Å². The summed E-state index contributed by atoms with van der Waals surface area (Å²) in [5, 5.41) is 2.85. The second-order valence-corrected chi connectivity index (χ2v) is 10.2. The summed E-state index contributed by atoms with van der Waals surface area (Å²) in [5.74, 6) is 1.02. The van der Waals surface area contributed by atoms with Crippen molar-refractivity contribution < 1.29 is 22.7 Å². The second-order valence-electron chi connectivity index (χ2n) is 7.03. The molecule has 0 bridgehead atoms. The second kappa shape index (κ2) is 9.53. The number of ether oxygens (including phenoxy) is 1. The summed E-state index contributed by atoms with van der Waals surface area (Å²) in [6.45, 7) is 0.824. The minimum Gasteiger partial charge on any atom is -0.493 e. The number of hydrogen-bond acceptors (Lipinski definition) is 6. The summed E-state index contributed by atoms with van der Waals surface area (Å²) < 4.78 is 28.9. The molecule has 0 fully saturated rings. The Morgan fingerprint density at radius 1 is 1.23 bits per heavy atom. The zero-order valence-corrected chi connectivity index (χ0v) is 18.5. The summed E-state index contributed by atoms with van der Waals surface area (Å²) in [5.41, 5.74) is 1.19. The third-order valence-electron chi connectivity index (χ3n) is 4.57. The van der Waals surface area contributed by atoms with Crippen molar-refractivity contribution in [3.63, 3.8) is 0 Å². The average molecular weight is 449 g/mol. The van der Waals surface area contributed by atoms with E-state index in [1.54, 1.807) is 48.0 Å². The van der Waals surface area contributed by atoms with Gasteiger partial charge >= 0.3 is 0 Å². The molecule has 0 aliphatic carbocycles. The van der Waals surface area contributed by atoms with E-state index < -0.39 is 9.84 Å². The van der Waals surface area contributed by atoms with Crippen LogP contribution in [0.1, 0.15) is 23.2 Å². The predicted molar refractivity (Wildman–Crippen MR) is 117 cm³/mol. The van der Waals surface area contributed by atoms with E-state index in [0.29, 0.717) is 43.0 Å². The van der Waals surface area contributed by atoms with Gasteiger partial charge in [-0.2, -0.15) is 0 Å². The number of carbonyl (C=O) groups excluding carboxylic acids is 2. The van der Waals surface area contributed by atoms with Gasteiger partial charge in [-0.25, -0.2) is 8.42 Å². The van der Waals surface area contributed by atoms with E-state index in [0.717, 1.165) is 16.9 Å². The van der Waals surface area contributed by atoms with Gasteiger partial charge < -0.3 is 15.0 Å². The third-order valence-corrected chi connectivity index (χ3v) is 6.76. The number of sulfone groups is 1. The van der Waals surface area contributed by atoms with Gasteiger partial charge in [0.25, 0.3) is 5.91 Å². The number of anilines is 1. The zero-order chi connectivity index (χ0) is 21.7. The molecule has 1 heterocycles. The van der Waals surface area contributed by atoms with E-state index in [1.807, 2.05) is 6.07 Å². The Morgan fingerprint density at radius 3 is 2.80 bits per heavy atom. The Balaban J connectivity index is 1.54. The van der Waals surface area contributed by atoms with E-state index in [9.17, 15) is 18.0 Å². The molecule has 7 nitrogen and oxygen atoms in total. The van der Waals surface area contributed by atoms with Crippen LogP contribution in [-0.4, -0.2) is 57.3 Å². The van der Waals surface area contributed by atoms with Crippen LogP contribution in [-0.2, 0) is 14.6 Å². The number of hydrogen-bond donors (Lipinski definition) is 1. The minimum atomic E-state index is -3.28. The maximum absolute atomic E-state index is 12.7. The van der Waals surface area contributed by atoms with Crippen LogP contribution in [0.4, 0.5) is 5.69 Å². The first-order chi connectivity index (χ1) is 14.2. The molecule has 0 aromatic heterocycles. The molecule has 160 valence electrons. The largest absolute Gasteiger partial charge is 0.493 e. The highest BCUT2D eigenvalue weighted by Crippen LogP contribution is 2.31. The molecule has 30 heavy (non-hydrogen) atoms. The van der Waals surface area contributed by atoms with Gasteiger partial charge in [0.1, 0.15) is 5.75 Å². The Labute approximate surface area is 180 Å². The van der Waals surface area contributed by atoms with E-state index in [-0.39, 0.29) is 16.7 Å². The van der Waals surface area contributed by atoms with Crippen molar-refractivity contribution in [2.45, 2.75) is 22.6 Å². The van der Waals surface area contributed by atoms with Crippen LogP contribution in [0.3, 0.4) is 0 Å². The number of fused-ring (bicyclic) bond motifs is 1. The molecule has 0 atom stereocenters. The molecule has 0 spiro atoms. The van der Waals surface area contributed by atoms with Gasteiger partial charge in [0.15, 0.2) is 9.84 Å². The number of benzene rings is 2.